The van der Waals surface area contributed by atoms with Crippen molar-refractivity contribution in [2.45, 2.75) is 49.5 Å². The Kier molecular flexibility index (Phi) is 8.70. The molecule has 10 nitrogen and oxygen atoms in total. The van der Waals surface area contributed by atoms with Crippen molar-refractivity contribution < 1.29 is 29.3 Å². The number of aliphatic hydroxyl groups is 1. The average Bonchev–Trinajstić information content (AvgIpc) is 3.30. The van der Waals surface area contributed by atoms with Gasteiger partial charge in [-0.3, -0.25) is 9.59 Å². The normalized spacial score (nSPS) is 19.7. The molecule has 11 heteroatoms. The predicted molar refractivity (Wildman–Crippen MR) is 132 cm³/mol. The van der Waals surface area contributed by atoms with Crippen LogP contribution >= 0.6 is 11.8 Å². The van der Waals surface area contributed by atoms with E-state index in [4.69, 9.17) is 14.6 Å². The van der Waals surface area contributed by atoms with Crippen LogP contribution < -0.4 is 5.32 Å². The molecule has 1 fully saturated rings. The molecule has 3 aromatic rings. The quantitative estimate of drug-likeness (QED) is 0.349. The first-order valence-corrected chi connectivity index (χ1v) is 12.5. The number of aliphatic hydroxyl groups excluding tert-OH is 1. The molecule has 1 saturated heterocycles. The van der Waals surface area contributed by atoms with E-state index in [1.807, 2.05) is 41.9 Å². The van der Waals surface area contributed by atoms with E-state index in [0.717, 1.165) is 21.8 Å². The highest BCUT2D eigenvalue weighted by atomic mass is 32.2. The summed E-state index contributed by atoms with van der Waals surface area (Å²) >= 11 is 1.55. The number of aromatic nitrogens is 3. The lowest BCUT2D eigenvalue weighted by atomic mass is 10.0. The zero-order valence-electron chi connectivity index (χ0n) is 19.7. The third-order valence-corrected chi connectivity index (χ3v) is 6.86. The Labute approximate surface area is 212 Å². The lowest BCUT2D eigenvalue weighted by Crippen LogP contribution is -2.31. The fraction of sp³-hybridized carbons (Fsp3) is 0.360. The molecule has 0 aliphatic carbocycles. The molecule has 1 aliphatic heterocycles. The monoisotopic (exact) mass is 512 g/mol. The third kappa shape index (κ3) is 6.91. The smallest absolute Gasteiger partial charge is 0.303 e. The van der Waals surface area contributed by atoms with E-state index in [1.165, 1.54) is 0 Å². The van der Waals surface area contributed by atoms with Gasteiger partial charge in [-0.15, -0.1) is 10.2 Å². The molecular weight excluding hydrogens is 484 g/mol. The summed E-state index contributed by atoms with van der Waals surface area (Å²) in [6.07, 6.45) is 0.869. The number of carboxylic acid groups (broad SMARTS) is 1. The van der Waals surface area contributed by atoms with Crippen molar-refractivity contribution in [2.75, 3.05) is 11.1 Å². The zero-order chi connectivity index (χ0) is 25.5. The maximum atomic E-state index is 12.1. The molecular formula is C25H28N4O6S. The van der Waals surface area contributed by atoms with Gasteiger partial charge in [-0.05, 0) is 23.3 Å². The van der Waals surface area contributed by atoms with Crippen LogP contribution in [0.5, 0.6) is 0 Å². The maximum absolute atomic E-state index is 12.1. The molecule has 36 heavy (non-hydrogen) atoms. The summed E-state index contributed by atoms with van der Waals surface area (Å²) in [5.74, 6) is -0.755. The highest BCUT2D eigenvalue weighted by Gasteiger charge is 2.32. The van der Waals surface area contributed by atoms with Crippen molar-refractivity contribution in [2.24, 2.45) is 7.05 Å². The van der Waals surface area contributed by atoms with E-state index in [1.54, 1.807) is 36.3 Å². The molecule has 0 bridgehead atoms. The summed E-state index contributed by atoms with van der Waals surface area (Å²) in [4.78, 5) is 22.8. The summed E-state index contributed by atoms with van der Waals surface area (Å²) in [5, 5.41) is 29.7. The van der Waals surface area contributed by atoms with Crippen molar-refractivity contribution in [1.29, 1.82) is 0 Å². The fourth-order valence-corrected chi connectivity index (χ4v) is 4.71. The Hall–Kier alpha value is -3.25. The van der Waals surface area contributed by atoms with Gasteiger partial charge in [0.1, 0.15) is 6.33 Å². The van der Waals surface area contributed by atoms with Gasteiger partial charge in [0.15, 0.2) is 11.4 Å². The van der Waals surface area contributed by atoms with Gasteiger partial charge in [-0.25, -0.2) is 0 Å². The molecule has 4 rings (SSSR count). The Balaban J connectivity index is 1.51. The Morgan fingerprint density at radius 3 is 2.64 bits per heavy atom. The van der Waals surface area contributed by atoms with Crippen LogP contribution in [0.1, 0.15) is 48.3 Å². The van der Waals surface area contributed by atoms with Gasteiger partial charge < -0.3 is 29.6 Å². The Morgan fingerprint density at radius 2 is 1.94 bits per heavy atom. The second-order valence-electron chi connectivity index (χ2n) is 8.45. The minimum Gasteiger partial charge on any atom is -0.481 e. The van der Waals surface area contributed by atoms with Gasteiger partial charge in [-0.2, -0.15) is 0 Å². The molecule has 1 aliphatic rings. The number of rotatable bonds is 10. The van der Waals surface area contributed by atoms with E-state index in [-0.39, 0.29) is 37.6 Å². The number of hydrogen-bond acceptors (Lipinski definition) is 8. The standard InChI is InChI=1S/C25H28N4O6S/c1-29-15-26-28-25(29)36-14-20-12-21(17-7-5-16(13-30)6-8-17)35-24(34-20)18-3-2-4-19(11-18)27-22(31)9-10-23(32)33/h2-8,11,15,20-21,24,30H,9-10,12-14H2,1H3,(H,27,31)(H,32,33)/t20-,21+,24+/m1/s1. The number of nitrogens with one attached hydrogen (secondary N) is 1. The SMILES string of the molecule is Cn1cnnc1SC[C@H]1C[C@@H](c2ccc(CO)cc2)O[C@@H](c2cccc(NC(=O)CCC(=O)O)c2)O1. The highest BCUT2D eigenvalue weighted by molar-refractivity contribution is 7.99. The Bertz CT molecular complexity index is 1190. The van der Waals surface area contributed by atoms with Crippen LogP contribution in [0.3, 0.4) is 0 Å². The number of anilines is 1. The van der Waals surface area contributed by atoms with Crippen LogP contribution in [0, 0.1) is 0 Å². The third-order valence-electron chi connectivity index (χ3n) is 5.69. The number of carboxylic acids is 1. The number of aliphatic carboxylic acids is 1. The van der Waals surface area contributed by atoms with Gasteiger partial charge in [0.2, 0.25) is 5.91 Å². The number of aryl methyl sites for hydroxylation is 1. The lowest BCUT2D eigenvalue weighted by Gasteiger charge is -2.36. The molecule has 2 heterocycles. The van der Waals surface area contributed by atoms with Gasteiger partial charge in [0.25, 0.3) is 0 Å². The molecule has 0 saturated carbocycles. The largest absolute Gasteiger partial charge is 0.481 e. The molecule has 2 aromatic carbocycles. The van der Waals surface area contributed by atoms with Crippen LogP contribution in [0.25, 0.3) is 0 Å². The summed E-state index contributed by atoms with van der Waals surface area (Å²) < 4.78 is 14.5. The number of carbonyl (C=O) groups is 2. The van der Waals surface area contributed by atoms with E-state index in [2.05, 4.69) is 15.5 Å². The fourth-order valence-electron chi connectivity index (χ4n) is 3.80. The van der Waals surface area contributed by atoms with E-state index >= 15 is 0 Å². The van der Waals surface area contributed by atoms with E-state index < -0.39 is 12.3 Å². The lowest BCUT2D eigenvalue weighted by molar-refractivity contribution is -0.245. The number of ether oxygens (including phenoxy) is 2. The van der Waals surface area contributed by atoms with Gasteiger partial charge in [0, 0.05) is 36.9 Å². The summed E-state index contributed by atoms with van der Waals surface area (Å²) in [5.41, 5.74) is 3.07. The number of amides is 1. The van der Waals surface area contributed by atoms with Gasteiger partial charge >= 0.3 is 5.97 Å². The average molecular weight is 513 g/mol. The molecule has 0 radical (unpaired) electrons. The van der Waals surface area contributed by atoms with E-state index in [9.17, 15) is 14.7 Å². The summed E-state index contributed by atoms with van der Waals surface area (Å²) in [6, 6.07) is 14.8. The van der Waals surface area contributed by atoms with Crippen LogP contribution in [0.2, 0.25) is 0 Å². The van der Waals surface area contributed by atoms with Crippen molar-refractivity contribution >= 4 is 29.3 Å². The van der Waals surface area contributed by atoms with Crippen LogP contribution in [-0.4, -0.2) is 48.7 Å². The number of nitrogens with zero attached hydrogens (tertiary/aromatic N) is 3. The second-order valence-corrected chi connectivity index (χ2v) is 9.44. The topological polar surface area (TPSA) is 136 Å². The van der Waals surface area contributed by atoms with E-state index in [0.29, 0.717) is 17.9 Å². The number of benzene rings is 2. The van der Waals surface area contributed by atoms with Crippen LogP contribution in [-0.2, 0) is 32.7 Å². The molecule has 190 valence electrons. The van der Waals surface area contributed by atoms with Crippen molar-refractivity contribution in [3.8, 4) is 0 Å². The first-order chi connectivity index (χ1) is 17.4. The van der Waals surface area contributed by atoms with Crippen LogP contribution in [0.15, 0.2) is 60.0 Å². The van der Waals surface area contributed by atoms with Gasteiger partial charge in [0.05, 0.1) is 25.2 Å². The molecule has 0 unspecified atom stereocenters. The maximum Gasteiger partial charge on any atom is 0.303 e. The van der Waals surface area contributed by atoms with Gasteiger partial charge in [-0.1, -0.05) is 48.2 Å². The Morgan fingerprint density at radius 1 is 1.14 bits per heavy atom. The molecule has 1 aromatic heterocycles. The zero-order valence-corrected chi connectivity index (χ0v) is 20.6. The number of carbonyl (C=O) groups excluding carboxylic acids is 1. The van der Waals surface area contributed by atoms with Crippen molar-refractivity contribution in [1.82, 2.24) is 14.8 Å². The highest BCUT2D eigenvalue weighted by Crippen LogP contribution is 2.39. The minimum absolute atomic E-state index is 0.0283. The van der Waals surface area contributed by atoms with Crippen molar-refractivity contribution in [3.63, 3.8) is 0 Å². The molecule has 0 spiro atoms. The second kappa shape index (κ2) is 12.1. The minimum atomic E-state index is -1.02. The molecule has 1 amide bonds. The van der Waals surface area contributed by atoms with Crippen molar-refractivity contribution in [3.05, 3.63) is 71.5 Å². The molecule has 3 N–H and O–H groups in total. The predicted octanol–water partition coefficient (Wildman–Crippen LogP) is 3.45. The number of thioether (sulfide) groups is 1. The summed E-state index contributed by atoms with van der Waals surface area (Å²) in [6.45, 7) is -0.0283. The first kappa shape index (κ1) is 25.8. The summed E-state index contributed by atoms with van der Waals surface area (Å²) in [7, 11) is 1.89. The molecule has 3 atom stereocenters. The first-order valence-electron chi connectivity index (χ1n) is 11.5. The number of hydrogen-bond donors (Lipinski definition) is 3. The van der Waals surface area contributed by atoms with Crippen LogP contribution in [0.4, 0.5) is 5.69 Å².